The molecule has 0 spiro atoms. The Morgan fingerprint density at radius 1 is 1.37 bits per heavy atom. The molecule has 0 aromatic carbocycles. The molecular formula is C15H30N2O2. The van der Waals surface area contributed by atoms with Crippen LogP contribution in [0.15, 0.2) is 0 Å². The lowest BCUT2D eigenvalue weighted by molar-refractivity contribution is -0.140. The van der Waals surface area contributed by atoms with Gasteiger partial charge in [-0.15, -0.1) is 0 Å². The summed E-state index contributed by atoms with van der Waals surface area (Å²) in [5, 5.41) is 12.4. The van der Waals surface area contributed by atoms with E-state index < -0.39 is 12.0 Å². The molecule has 1 atom stereocenters. The molecule has 1 fully saturated rings. The van der Waals surface area contributed by atoms with Gasteiger partial charge in [0.25, 0.3) is 0 Å². The molecule has 4 nitrogen and oxygen atoms in total. The number of nitrogens with zero attached hydrogens (tertiary/aromatic N) is 1. The molecular weight excluding hydrogens is 240 g/mol. The molecule has 1 saturated carbocycles. The summed E-state index contributed by atoms with van der Waals surface area (Å²) in [6.45, 7) is 8.79. The topological polar surface area (TPSA) is 52.6 Å². The number of carbonyl (C=O) groups is 1. The van der Waals surface area contributed by atoms with Gasteiger partial charge in [0.2, 0.25) is 0 Å². The zero-order valence-corrected chi connectivity index (χ0v) is 12.7. The molecule has 0 saturated heterocycles. The molecule has 0 aliphatic heterocycles. The number of carboxylic acid groups (broad SMARTS) is 1. The van der Waals surface area contributed by atoms with Gasteiger partial charge < -0.3 is 10.4 Å². The predicted octanol–water partition coefficient (Wildman–Crippen LogP) is 2.34. The standard InChI is InChI=1S/C15H30N2O2/c1-4-16-14(15(18)19)11-17(10-9-12(2)3)13-7-5-6-8-13/h12-14,16H,4-11H2,1-3H3,(H,18,19). The fourth-order valence-electron chi connectivity index (χ4n) is 2.83. The summed E-state index contributed by atoms with van der Waals surface area (Å²) >= 11 is 0. The summed E-state index contributed by atoms with van der Waals surface area (Å²) in [4.78, 5) is 13.7. The minimum atomic E-state index is -0.727. The molecule has 4 heteroatoms. The van der Waals surface area contributed by atoms with Crippen LogP contribution in [0.1, 0.15) is 52.9 Å². The zero-order chi connectivity index (χ0) is 14.3. The van der Waals surface area contributed by atoms with Gasteiger partial charge in [0.05, 0.1) is 0 Å². The van der Waals surface area contributed by atoms with E-state index in [2.05, 4.69) is 24.1 Å². The van der Waals surface area contributed by atoms with E-state index in [0.29, 0.717) is 25.0 Å². The molecule has 1 aliphatic rings. The Morgan fingerprint density at radius 2 is 2.00 bits per heavy atom. The van der Waals surface area contributed by atoms with Gasteiger partial charge in [-0.1, -0.05) is 33.6 Å². The van der Waals surface area contributed by atoms with Crippen LogP contribution in [-0.4, -0.2) is 47.7 Å². The van der Waals surface area contributed by atoms with E-state index in [1.807, 2.05) is 6.92 Å². The number of nitrogens with one attached hydrogen (secondary N) is 1. The molecule has 0 heterocycles. The summed E-state index contributed by atoms with van der Waals surface area (Å²) < 4.78 is 0. The van der Waals surface area contributed by atoms with E-state index >= 15 is 0 Å². The fraction of sp³-hybridized carbons (Fsp3) is 0.933. The number of likely N-dealkylation sites (N-methyl/N-ethyl adjacent to an activating group) is 1. The quantitative estimate of drug-likeness (QED) is 0.675. The van der Waals surface area contributed by atoms with E-state index in [9.17, 15) is 9.90 Å². The van der Waals surface area contributed by atoms with E-state index in [-0.39, 0.29) is 0 Å². The molecule has 0 amide bonds. The molecule has 0 bridgehead atoms. The lowest BCUT2D eigenvalue weighted by Gasteiger charge is -2.32. The van der Waals surface area contributed by atoms with Gasteiger partial charge in [0.15, 0.2) is 0 Å². The number of rotatable bonds is 9. The normalized spacial score (nSPS) is 18.4. The number of carboxylic acids is 1. The average Bonchev–Trinajstić information content (AvgIpc) is 2.86. The second-order valence-corrected chi connectivity index (χ2v) is 6.06. The molecule has 2 N–H and O–H groups in total. The maximum Gasteiger partial charge on any atom is 0.322 e. The smallest absolute Gasteiger partial charge is 0.322 e. The maximum absolute atomic E-state index is 11.3. The Hall–Kier alpha value is -0.610. The Kier molecular flexibility index (Phi) is 7.39. The monoisotopic (exact) mass is 270 g/mol. The van der Waals surface area contributed by atoms with Crippen molar-refractivity contribution in [3.05, 3.63) is 0 Å². The second-order valence-electron chi connectivity index (χ2n) is 6.06. The summed E-state index contributed by atoms with van der Waals surface area (Å²) in [7, 11) is 0. The highest BCUT2D eigenvalue weighted by molar-refractivity contribution is 5.73. The van der Waals surface area contributed by atoms with Gasteiger partial charge in [0.1, 0.15) is 6.04 Å². The Morgan fingerprint density at radius 3 is 2.47 bits per heavy atom. The van der Waals surface area contributed by atoms with Crippen LogP contribution in [0, 0.1) is 5.92 Å². The van der Waals surface area contributed by atoms with Crippen molar-refractivity contribution in [2.45, 2.75) is 65.0 Å². The van der Waals surface area contributed by atoms with Crippen LogP contribution in [0.2, 0.25) is 0 Å². The molecule has 19 heavy (non-hydrogen) atoms. The Balaban J connectivity index is 2.57. The Bertz CT molecular complexity index is 263. The van der Waals surface area contributed by atoms with E-state index in [0.717, 1.165) is 13.0 Å². The summed E-state index contributed by atoms with van der Waals surface area (Å²) in [6, 6.07) is 0.164. The van der Waals surface area contributed by atoms with Gasteiger partial charge in [-0.3, -0.25) is 9.69 Å². The second kappa shape index (κ2) is 8.54. The Labute approximate surface area is 117 Å². The minimum absolute atomic E-state index is 0.433. The highest BCUT2D eigenvalue weighted by Gasteiger charge is 2.27. The molecule has 0 radical (unpaired) electrons. The first-order valence-corrected chi connectivity index (χ1v) is 7.74. The molecule has 1 unspecified atom stereocenters. The number of hydrogen-bond donors (Lipinski definition) is 2. The van der Waals surface area contributed by atoms with Crippen molar-refractivity contribution in [3.63, 3.8) is 0 Å². The highest BCUT2D eigenvalue weighted by atomic mass is 16.4. The van der Waals surface area contributed by atoms with Crippen LogP contribution in [0.5, 0.6) is 0 Å². The van der Waals surface area contributed by atoms with Crippen LogP contribution in [0.3, 0.4) is 0 Å². The largest absolute Gasteiger partial charge is 0.480 e. The molecule has 0 aromatic heterocycles. The van der Waals surface area contributed by atoms with Crippen LogP contribution in [0.4, 0.5) is 0 Å². The predicted molar refractivity (Wildman–Crippen MR) is 78.4 cm³/mol. The van der Waals surface area contributed by atoms with Crippen LogP contribution in [0.25, 0.3) is 0 Å². The van der Waals surface area contributed by atoms with E-state index in [4.69, 9.17) is 0 Å². The first-order valence-electron chi connectivity index (χ1n) is 7.74. The third kappa shape index (κ3) is 5.91. The summed E-state index contributed by atoms with van der Waals surface area (Å²) in [6.07, 6.45) is 6.20. The van der Waals surface area contributed by atoms with Crippen molar-refractivity contribution >= 4 is 5.97 Å². The highest BCUT2D eigenvalue weighted by Crippen LogP contribution is 2.24. The first-order chi connectivity index (χ1) is 9.04. The van der Waals surface area contributed by atoms with Crippen LogP contribution < -0.4 is 5.32 Å². The molecule has 1 aliphatic carbocycles. The van der Waals surface area contributed by atoms with E-state index in [1.54, 1.807) is 0 Å². The van der Waals surface area contributed by atoms with Gasteiger partial charge in [0, 0.05) is 12.6 Å². The lowest BCUT2D eigenvalue weighted by Crippen LogP contribution is -2.49. The van der Waals surface area contributed by atoms with Crippen molar-refractivity contribution in [2.75, 3.05) is 19.6 Å². The molecule has 0 aromatic rings. The number of aliphatic carboxylic acids is 1. The third-order valence-electron chi connectivity index (χ3n) is 4.00. The minimum Gasteiger partial charge on any atom is -0.480 e. The van der Waals surface area contributed by atoms with Crippen molar-refractivity contribution < 1.29 is 9.90 Å². The van der Waals surface area contributed by atoms with Crippen LogP contribution >= 0.6 is 0 Å². The van der Waals surface area contributed by atoms with Crippen molar-refractivity contribution in [3.8, 4) is 0 Å². The lowest BCUT2D eigenvalue weighted by atomic mass is 10.1. The third-order valence-corrected chi connectivity index (χ3v) is 4.00. The van der Waals surface area contributed by atoms with E-state index in [1.165, 1.54) is 25.7 Å². The van der Waals surface area contributed by atoms with Crippen molar-refractivity contribution in [1.29, 1.82) is 0 Å². The van der Waals surface area contributed by atoms with Gasteiger partial charge in [-0.05, 0) is 38.3 Å². The summed E-state index contributed by atoms with van der Waals surface area (Å²) in [5.41, 5.74) is 0. The van der Waals surface area contributed by atoms with Gasteiger partial charge in [-0.25, -0.2) is 0 Å². The molecule has 112 valence electrons. The molecule has 1 rings (SSSR count). The summed E-state index contributed by atoms with van der Waals surface area (Å²) in [5.74, 6) is -0.0549. The van der Waals surface area contributed by atoms with Crippen molar-refractivity contribution in [1.82, 2.24) is 10.2 Å². The van der Waals surface area contributed by atoms with Gasteiger partial charge >= 0.3 is 5.97 Å². The average molecular weight is 270 g/mol. The first kappa shape index (κ1) is 16.4. The zero-order valence-electron chi connectivity index (χ0n) is 12.7. The SMILES string of the molecule is CCNC(CN(CCC(C)C)C1CCCC1)C(=O)O. The van der Waals surface area contributed by atoms with Crippen LogP contribution in [-0.2, 0) is 4.79 Å². The van der Waals surface area contributed by atoms with Crippen molar-refractivity contribution in [2.24, 2.45) is 5.92 Å². The number of hydrogen-bond acceptors (Lipinski definition) is 3. The fourth-order valence-corrected chi connectivity index (χ4v) is 2.83. The maximum atomic E-state index is 11.3. The van der Waals surface area contributed by atoms with Gasteiger partial charge in [-0.2, -0.15) is 0 Å².